The van der Waals surface area contributed by atoms with Gasteiger partial charge in [0, 0.05) is 23.8 Å². The number of pyridine rings is 2. The van der Waals surface area contributed by atoms with Crippen LogP contribution in [-0.2, 0) is 20.4 Å². The van der Waals surface area contributed by atoms with Crippen LogP contribution in [0.3, 0.4) is 0 Å². The van der Waals surface area contributed by atoms with Gasteiger partial charge >= 0.3 is 20.4 Å². The molecule has 2 heterocycles. The topological polar surface area (TPSA) is 25.8 Å². The van der Waals surface area contributed by atoms with Gasteiger partial charge in [-0.25, -0.2) is 0 Å². The van der Waals surface area contributed by atoms with Crippen LogP contribution in [0.1, 0.15) is 33.6 Å². The molecule has 0 amide bonds. The van der Waals surface area contributed by atoms with Gasteiger partial charge in [-0.15, -0.1) is 12.1 Å². The van der Waals surface area contributed by atoms with Gasteiger partial charge in [-0.1, -0.05) is 107 Å². The fourth-order valence-electron chi connectivity index (χ4n) is 3.77. The third-order valence-electron chi connectivity index (χ3n) is 5.41. The smallest absolute Gasteiger partial charge is 0.295 e. The fourth-order valence-corrected chi connectivity index (χ4v) is 3.77. The molecule has 0 fully saturated rings. The fraction of sp³-hybridized carbons (Fsp3) is 0. The van der Waals surface area contributed by atoms with E-state index in [4.69, 9.17) is 0 Å². The van der Waals surface area contributed by atoms with Crippen molar-refractivity contribution >= 4 is 11.1 Å². The average Bonchev–Trinajstić information content (AvgIpc) is 2.93. The molecule has 0 bridgehead atoms. The molecule has 0 aliphatic heterocycles. The van der Waals surface area contributed by atoms with Crippen LogP contribution in [0.5, 0.6) is 0 Å². The van der Waals surface area contributed by atoms with E-state index in [-0.39, 0.29) is 20.4 Å². The molecule has 0 atom stereocenters. The largest absolute Gasteiger partial charge is 2.00 e. The van der Waals surface area contributed by atoms with E-state index in [2.05, 4.69) is 58.5 Å². The summed E-state index contributed by atoms with van der Waals surface area (Å²) in [5.74, 6) is 0. The molecule has 0 saturated heterocycles. The Morgan fingerprint density at radius 1 is 0.429 bits per heavy atom. The third-order valence-corrected chi connectivity index (χ3v) is 5.41. The number of hydrogen-bond donors (Lipinski definition) is 0. The Hall–Kier alpha value is -3.90. The van der Waals surface area contributed by atoms with Crippen molar-refractivity contribution in [3.63, 3.8) is 0 Å². The van der Waals surface area contributed by atoms with E-state index in [0.29, 0.717) is 0 Å². The van der Waals surface area contributed by atoms with Crippen molar-refractivity contribution in [2.24, 2.45) is 0 Å². The minimum atomic E-state index is 0. The molecule has 0 aliphatic rings. The maximum Gasteiger partial charge on any atom is 2.00 e. The number of aromatic nitrogens is 2. The summed E-state index contributed by atoms with van der Waals surface area (Å²) in [5, 5.41) is 0. The normalized spacial score (nSPS) is 11.5. The molecule has 5 rings (SSSR count). The third kappa shape index (κ3) is 5.97. The molecule has 5 aromatic rings. The van der Waals surface area contributed by atoms with Crippen molar-refractivity contribution in [1.29, 1.82) is 0 Å². The van der Waals surface area contributed by atoms with E-state index < -0.39 is 0 Å². The molecule has 3 aromatic carbocycles. The second-order valence-corrected chi connectivity index (χ2v) is 7.71. The van der Waals surface area contributed by atoms with Gasteiger partial charge in [0.1, 0.15) is 0 Å². The van der Waals surface area contributed by atoms with Crippen LogP contribution < -0.4 is 0 Å². The van der Waals surface area contributed by atoms with Crippen LogP contribution >= 0.6 is 0 Å². The van der Waals surface area contributed by atoms with E-state index in [1.807, 2.05) is 97.3 Å². The van der Waals surface area contributed by atoms with Crippen LogP contribution in [0.2, 0.25) is 0 Å². The standard InChI is InChI=1S/C32H22N2.Pd/c1-3-13-25(14-4-1)29(31-19-9-11-21-33-31)23-27-17-7-8-18-28(27)24-30(26-15-5-2-6-16-26)32-20-10-12-22-34-32;/h1-22H;/q-2;+2. The minimum absolute atomic E-state index is 0. The summed E-state index contributed by atoms with van der Waals surface area (Å²) in [5.41, 5.74) is 7.64. The molecule has 0 unspecified atom stereocenters. The van der Waals surface area contributed by atoms with Gasteiger partial charge in [-0.3, -0.25) is 9.97 Å². The number of hydrogen-bond acceptors (Lipinski definition) is 2. The van der Waals surface area contributed by atoms with Crippen molar-refractivity contribution in [2.45, 2.75) is 0 Å². The molecule has 0 N–H and O–H groups in total. The Kier molecular flexibility index (Phi) is 8.31. The van der Waals surface area contributed by atoms with Crippen LogP contribution in [0.4, 0.5) is 0 Å². The number of rotatable bonds is 6. The minimum Gasteiger partial charge on any atom is -0.295 e. The second-order valence-electron chi connectivity index (χ2n) is 7.71. The quantitative estimate of drug-likeness (QED) is 0.131. The summed E-state index contributed by atoms with van der Waals surface area (Å²) in [7, 11) is 0. The molecule has 0 radical (unpaired) electrons. The van der Waals surface area contributed by atoms with Gasteiger partial charge in [0.05, 0.1) is 0 Å². The molecule has 0 saturated carbocycles. The van der Waals surface area contributed by atoms with E-state index >= 15 is 0 Å². The Bertz CT molecular complexity index is 1220. The number of benzene rings is 3. The number of nitrogens with zero attached hydrogens (tertiary/aromatic N) is 2. The summed E-state index contributed by atoms with van der Waals surface area (Å²) in [6.45, 7) is 0. The van der Waals surface area contributed by atoms with Crippen LogP contribution in [0.15, 0.2) is 134 Å². The summed E-state index contributed by atoms with van der Waals surface area (Å²) in [4.78, 5) is 9.20. The molecular weight excluding hydrogens is 519 g/mol. The first-order chi connectivity index (χ1) is 16.9. The maximum absolute atomic E-state index is 4.60. The monoisotopic (exact) mass is 540 g/mol. The maximum atomic E-state index is 4.60. The van der Waals surface area contributed by atoms with Crippen molar-refractivity contribution in [3.05, 3.63) is 180 Å². The first kappa shape index (κ1) is 24.2. The van der Waals surface area contributed by atoms with Crippen molar-refractivity contribution in [3.8, 4) is 0 Å². The summed E-state index contributed by atoms with van der Waals surface area (Å²) >= 11 is 0. The predicted molar refractivity (Wildman–Crippen MR) is 138 cm³/mol. The Morgan fingerprint density at radius 3 is 1.17 bits per heavy atom. The first-order valence-corrected chi connectivity index (χ1v) is 11.2. The molecule has 3 heteroatoms. The van der Waals surface area contributed by atoms with Crippen LogP contribution in [0, 0.1) is 12.2 Å². The SMILES string of the molecule is [C-](=C(c1ccccc1)c1ccccn1)c1ccccc1[C-]=C(c1ccccc1)c1ccccn1.[Pd+2]. The molecule has 2 nitrogen and oxygen atoms in total. The Labute approximate surface area is 220 Å². The van der Waals surface area contributed by atoms with Crippen LogP contribution in [-0.4, -0.2) is 9.97 Å². The van der Waals surface area contributed by atoms with E-state index in [0.717, 1.165) is 44.8 Å². The average molecular weight is 541 g/mol. The summed E-state index contributed by atoms with van der Waals surface area (Å²) < 4.78 is 0. The van der Waals surface area contributed by atoms with Gasteiger partial charge < -0.3 is 0 Å². The zero-order valence-electron chi connectivity index (χ0n) is 18.9. The van der Waals surface area contributed by atoms with Crippen molar-refractivity contribution in [1.82, 2.24) is 9.97 Å². The Balaban J connectivity index is 0.00000289. The van der Waals surface area contributed by atoms with Gasteiger partial charge in [-0.2, -0.15) is 35.4 Å². The summed E-state index contributed by atoms with van der Waals surface area (Å²) in [6.07, 6.45) is 10.9. The Morgan fingerprint density at radius 2 is 0.800 bits per heavy atom. The zero-order valence-corrected chi connectivity index (χ0v) is 20.5. The van der Waals surface area contributed by atoms with E-state index in [1.165, 1.54) is 0 Å². The summed E-state index contributed by atoms with van der Waals surface area (Å²) in [6, 6.07) is 40.6. The molecule has 170 valence electrons. The van der Waals surface area contributed by atoms with Crippen LogP contribution in [0.25, 0.3) is 11.1 Å². The molecule has 0 aliphatic carbocycles. The van der Waals surface area contributed by atoms with Crippen molar-refractivity contribution < 1.29 is 20.4 Å². The molecular formula is C32H22N2Pd. The van der Waals surface area contributed by atoms with Gasteiger partial charge in [0.15, 0.2) is 0 Å². The second kappa shape index (κ2) is 12.0. The first-order valence-electron chi connectivity index (χ1n) is 11.2. The van der Waals surface area contributed by atoms with Gasteiger partial charge in [0.25, 0.3) is 0 Å². The van der Waals surface area contributed by atoms with Gasteiger partial charge in [-0.05, 0) is 12.1 Å². The zero-order chi connectivity index (χ0) is 23.0. The van der Waals surface area contributed by atoms with E-state index in [9.17, 15) is 0 Å². The van der Waals surface area contributed by atoms with E-state index in [1.54, 1.807) is 0 Å². The molecule has 0 spiro atoms. The van der Waals surface area contributed by atoms with Crippen molar-refractivity contribution in [2.75, 3.05) is 0 Å². The molecule has 35 heavy (non-hydrogen) atoms. The predicted octanol–water partition coefficient (Wildman–Crippen LogP) is 7.04. The van der Waals surface area contributed by atoms with Gasteiger partial charge in [0.2, 0.25) is 0 Å². The molecule has 2 aromatic heterocycles.